The SMILES string of the molecule is CCOc1cc(C=C2C(=O)Nc3ccccc32)cc(Br)c1OCc1ccccc1Cl. The number of benzene rings is 3. The van der Waals surface area contributed by atoms with Crippen LogP contribution in [0.4, 0.5) is 5.69 Å². The molecule has 0 radical (unpaired) electrons. The van der Waals surface area contributed by atoms with Crippen molar-refractivity contribution in [1.29, 1.82) is 0 Å². The van der Waals surface area contributed by atoms with Gasteiger partial charge in [-0.15, -0.1) is 0 Å². The average Bonchev–Trinajstić information content (AvgIpc) is 3.04. The third-order valence-corrected chi connectivity index (χ3v) is 5.64. The van der Waals surface area contributed by atoms with Gasteiger partial charge in [-0.2, -0.15) is 0 Å². The number of anilines is 1. The van der Waals surface area contributed by atoms with Crippen molar-refractivity contribution < 1.29 is 14.3 Å². The van der Waals surface area contributed by atoms with E-state index in [2.05, 4.69) is 21.2 Å². The van der Waals surface area contributed by atoms with Gasteiger partial charge in [0.25, 0.3) is 5.91 Å². The van der Waals surface area contributed by atoms with Gasteiger partial charge in [0.05, 0.1) is 11.1 Å². The van der Waals surface area contributed by atoms with Gasteiger partial charge < -0.3 is 14.8 Å². The molecule has 3 aromatic carbocycles. The summed E-state index contributed by atoms with van der Waals surface area (Å²) in [6, 6.07) is 19.0. The third kappa shape index (κ3) is 4.23. The van der Waals surface area contributed by atoms with Crippen molar-refractivity contribution in [3.8, 4) is 11.5 Å². The second-order valence-corrected chi connectivity index (χ2v) is 7.96. The van der Waals surface area contributed by atoms with Crippen molar-refractivity contribution in [2.45, 2.75) is 13.5 Å². The van der Waals surface area contributed by atoms with Crippen LogP contribution in [0, 0.1) is 0 Å². The van der Waals surface area contributed by atoms with E-state index in [-0.39, 0.29) is 5.91 Å². The van der Waals surface area contributed by atoms with Crippen LogP contribution in [0.25, 0.3) is 11.6 Å². The molecule has 1 heterocycles. The molecule has 0 spiro atoms. The maximum Gasteiger partial charge on any atom is 0.256 e. The number of halogens is 2. The van der Waals surface area contributed by atoms with Crippen LogP contribution in [0.3, 0.4) is 0 Å². The number of ether oxygens (including phenoxy) is 2. The Labute approximate surface area is 188 Å². The lowest BCUT2D eigenvalue weighted by molar-refractivity contribution is -0.110. The highest BCUT2D eigenvalue weighted by Gasteiger charge is 2.23. The van der Waals surface area contributed by atoms with E-state index in [4.69, 9.17) is 21.1 Å². The van der Waals surface area contributed by atoms with Crippen LogP contribution in [-0.2, 0) is 11.4 Å². The minimum atomic E-state index is -0.121. The lowest BCUT2D eigenvalue weighted by atomic mass is 10.0. The number of fused-ring (bicyclic) bond motifs is 1. The molecule has 4 rings (SSSR count). The summed E-state index contributed by atoms with van der Waals surface area (Å²) < 4.78 is 12.6. The molecule has 0 saturated carbocycles. The van der Waals surface area contributed by atoms with Gasteiger partial charge in [0.15, 0.2) is 11.5 Å². The van der Waals surface area contributed by atoms with Crippen LogP contribution in [0.5, 0.6) is 11.5 Å². The molecular weight excluding hydrogens is 466 g/mol. The van der Waals surface area contributed by atoms with Crippen LogP contribution in [0.15, 0.2) is 65.1 Å². The van der Waals surface area contributed by atoms with Crippen LogP contribution < -0.4 is 14.8 Å². The van der Waals surface area contributed by atoms with E-state index in [1.165, 1.54) is 0 Å². The zero-order chi connectivity index (χ0) is 21.1. The van der Waals surface area contributed by atoms with Crippen LogP contribution >= 0.6 is 27.5 Å². The Morgan fingerprint density at radius 3 is 2.63 bits per heavy atom. The normalized spacial score (nSPS) is 13.8. The maximum atomic E-state index is 12.4. The molecule has 152 valence electrons. The van der Waals surface area contributed by atoms with Gasteiger partial charge in [-0.05, 0) is 58.8 Å². The molecule has 0 aliphatic carbocycles. The Bertz CT molecular complexity index is 1140. The minimum Gasteiger partial charge on any atom is -0.490 e. The van der Waals surface area contributed by atoms with Crippen LogP contribution in [0.1, 0.15) is 23.6 Å². The molecular formula is C24H19BrClNO3. The number of nitrogens with one attached hydrogen (secondary N) is 1. The zero-order valence-corrected chi connectivity index (χ0v) is 18.6. The van der Waals surface area contributed by atoms with Crippen LogP contribution in [0.2, 0.25) is 5.02 Å². The Kier molecular flexibility index (Phi) is 6.11. The largest absolute Gasteiger partial charge is 0.490 e. The molecule has 0 saturated heterocycles. The van der Waals surface area contributed by atoms with Gasteiger partial charge in [0.2, 0.25) is 0 Å². The van der Waals surface area contributed by atoms with Crippen molar-refractivity contribution in [1.82, 2.24) is 0 Å². The molecule has 30 heavy (non-hydrogen) atoms. The minimum absolute atomic E-state index is 0.121. The van der Waals surface area contributed by atoms with Gasteiger partial charge in [-0.1, -0.05) is 48.0 Å². The van der Waals surface area contributed by atoms with Crippen molar-refractivity contribution >= 4 is 50.8 Å². The Hall–Kier alpha value is -2.76. The fraction of sp³-hybridized carbons (Fsp3) is 0.125. The molecule has 0 bridgehead atoms. The van der Waals surface area contributed by atoms with Gasteiger partial charge in [0, 0.05) is 27.4 Å². The van der Waals surface area contributed by atoms with Gasteiger partial charge in [0.1, 0.15) is 6.61 Å². The van der Waals surface area contributed by atoms with E-state index in [1.807, 2.05) is 73.7 Å². The summed E-state index contributed by atoms with van der Waals surface area (Å²) in [5.41, 5.74) is 4.04. The quantitative estimate of drug-likeness (QED) is 0.402. The summed E-state index contributed by atoms with van der Waals surface area (Å²) in [4.78, 5) is 12.4. The molecule has 1 N–H and O–H groups in total. The van der Waals surface area contributed by atoms with E-state index >= 15 is 0 Å². The molecule has 4 nitrogen and oxygen atoms in total. The first-order valence-corrected chi connectivity index (χ1v) is 10.7. The first-order chi connectivity index (χ1) is 14.6. The van der Waals surface area contributed by atoms with E-state index in [9.17, 15) is 4.79 Å². The number of carbonyl (C=O) groups excluding carboxylic acids is 1. The third-order valence-electron chi connectivity index (χ3n) is 4.68. The van der Waals surface area contributed by atoms with Crippen molar-refractivity contribution in [3.05, 3.63) is 86.8 Å². The molecule has 1 aliphatic heterocycles. The summed E-state index contributed by atoms with van der Waals surface area (Å²) in [6.07, 6.45) is 1.85. The Morgan fingerprint density at radius 2 is 1.83 bits per heavy atom. The highest BCUT2D eigenvalue weighted by molar-refractivity contribution is 9.10. The Balaban J connectivity index is 1.67. The number of amides is 1. The lowest BCUT2D eigenvalue weighted by Gasteiger charge is -2.15. The van der Waals surface area contributed by atoms with E-state index in [0.717, 1.165) is 26.9 Å². The molecule has 0 aromatic heterocycles. The van der Waals surface area contributed by atoms with Crippen molar-refractivity contribution in [2.24, 2.45) is 0 Å². The Morgan fingerprint density at radius 1 is 1.07 bits per heavy atom. The molecule has 0 atom stereocenters. The fourth-order valence-electron chi connectivity index (χ4n) is 3.29. The van der Waals surface area contributed by atoms with E-state index in [1.54, 1.807) is 0 Å². The second kappa shape index (κ2) is 8.94. The maximum absolute atomic E-state index is 12.4. The highest BCUT2D eigenvalue weighted by atomic mass is 79.9. The van der Waals surface area contributed by atoms with Gasteiger partial charge in [-0.3, -0.25) is 4.79 Å². The molecule has 6 heteroatoms. The standard InChI is InChI=1S/C24H19BrClNO3/c1-2-29-22-13-15(11-18-17-8-4-6-10-21(17)27-24(18)28)12-19(25)23(22)30-14-16-7-3-5-9-20(16)26/h3-13H,2,14H2,1H3,(H,27,28). The second-order valence-electron chi connectivity index (χ2n) is 6.70. The topological polar surface area (TPSA) is 47.6 Å². The fourth-order valence-corrected chi connectivity index (χ4v) is 4.05. The molecule has 1 amide bonds. The summed E-state index contributed by atoms with van der Waals surface area (Å²) in [5, 5.41) is 3.54. The molecule has 0 unspecified atom stereocenters. The van der Waals surface area contributed by atoms with Gasteiger partial charge in [-0.25, -0.2) is 0 Å². The first-order valence-electron chi connectivity index (χ1n) is 9.52. The summed E-state index contributed by atoms with van der Waals surface area (Å²) in [5.74, 6) is 1.07. The summed E-state index contributed by atoms with van der Waals surface area (Å²) in [6.45, 7) is 2.71. The highest BCUT2D eigenvalue weighted by Crippen LogP contribution is 2.40. The van der Waals surface area contributed by atoms with Crippen molar-refractivity contribution in [2.75, 3.05) is 11.9 Å². The van der Waals surface area contributed by atoms with Crippen molar-refractivity contribution in [3.63, 3.8) is 0 Å². The van der Waals surface area contributed by atoms with E-state index < -0.39 is 0 Å². The first kappa shape index (κ1) is 20.5. The number of carbonyl (C=O) groups is 1. The average molecular weight is 485 g/mol. The number of hydrogen-bond acceptors (Lipinski definition) is 3. The summed E-state index contributed by atoms with van der Waals surface area (Å²) >= 11 is 9.83. The molecule has 3 aromatic rings. The van der Waals surface area contributed by atoms with Gasteiger partial charge >= 0.3 is 0 Å². The smallest absolute Gasteiger partial charge is 0.256 e. The monoisotopic (exact) mass is 483 g/mol. The molecule has 0 fully saturated rings. The zero-order valence-electron chi connectivity index (χ0n) is 16.2. The predicted molar refractivity (Wildman–Crippen MR) is 124 cm³/mol. The number of hydrogen-bond donors (Lipinski definition) is 1. The molecule has 1 aliphatic rings. The van der Waals surface area contributed by atoms with Crippen LogP contribution in [-0.4, -0.2) is 12.5 Å². The summed E-state index contributed by atoms with van der Waals surface area (Å²) in [7, 11) is 0. The predicted octanol–water partition coefficient (Wildman–Crippen LogP) is 6.57. The lowest BCUT2D eigenvalue weighted by Crippen LogP contribution is -2.04. The number of rotatable bonds is 6. The number of para-hydroxylation sites is 1. The van der Waals surface area contributed by atoms with E-state index in [0.29, 0.717) is 35.3 Å².